The summed E-state index contributed by atoms with van der Waals surface area (Å²) in [6.45, 7) is 1.97. The van der Waals surface area contributed by atoms with Crippen molar-refractivity contribution < 1.29 is 0 Å². The first-order chi connectivity index (χ1) is 8.70. The number of hydrogen-bond donors (Lipinski definition) is 2. The lowest BCUT2D eigenvalue weighted by atomic mass is 10.0. The molecule has 0 radical (unpaired) electrons. The molecule has 0 amide bonds. The summed E-state index contributed by atoms with van der Waals surface area (Å²) >= 11 is 0. The smallest absolute Gasteiger partial charge is 0.0994 e. The molecule has 1 aliphatic rings. The van der Waals surface area contributed by atoms with Crippen LogP contribution < -0.4 is 11.1 Å². The summed E-state index contributed by atoms with van der Waals surface area (Å²) in [6, 6.07) is 8.68. The highest BCUT2D eigenvalue weighted by molar-refractivity contribution is 5.52. The predicted octanol–water partition coefficient (Wildman–Crippen LogP) is 2.94. The fourth-order valence-electron chi connectivity index (χ4n) is 2.61. The number of aryl methyl sites for hydroxylation is 1. The summed E-state index contributed by atoms with van der Waals surface area (Å²) in [5.41, 5.74) is 9.04. The van der Waals surface area contributed by atoms with Crippen molar-refractivity contribution in [1.82, 2.24) is 0 Å². The Morgan fingerprint density at radius 1 is 1.28 bits per heavy atom. The molecule has 3 heteroatoms. The van der Waals surface area contributed by atoms with Crippen LogP contribution in [0.15, 0.2) is 18.2 Å². The number of hydrogen-bond acceptors (Lipinski definition) is 3. The quantitative estimate of drug-likeness (QED) is 0.785. The topological polar surface area (TPSA) is 61.8 Å². The van der Waals surface area contributed by atoms with Gasteiger partial charge in [0.15, 0.2) is 0 Å². The number of benzene rings is 1. The van der Waals surface area contributed by atoms with Gasteiger partial charge in [-0.25, -0.2) is 0 Å². The summed E-state index contributed by atoms with van der Waals surface area (Å²) in [7, 11) is 0. The van der Waals surface area contributed by atoms with Gasteiger partial charge in [-0.1, -0.05) is 19.3 Å². The van der Waals surface area contributed by atoms with Crippen molar-refractivity contribution in [3.63, 3.8) is 0 Å². The van der Waals surface area contributed by atoms with E-state index >= 15 is 0 Å². The molecule has 1 aromatic rings. The van der Waals surface area contributed by atoms with Gasteiger partial charge in [0.25, 0.3) is 0 Å². The molecule has 2 atom stereocenters. The number of rotatable bonds is 2. The molecule has 18 heavy (non-hydrogen) atoms. The molecule has 0 spiro atoms. The molecule has 2 rings (SSSR count). The first-order valence-corrected chi connectivity index (χ1v) is 6.73. The Labute approximate surface area is 109 Å². The van der Waals surface area contributed by atoms with Crippen molar-refractivity contribution >= 4 is 5.69 Å². The third-order valence-electron chi connectivity index (χ3n) is 3.77. The van der Waals surface area contributed by atoms with E-state index in [1.54, 1.807) is 0 Å². The van der Waals surface area contributed by atoms with Crippen LogP contribution in [0.3, 0.4) is 0 Å². The second-order valence-corrected chi connectivity index (χ2v) is 5.19. The van der Waals surface area contributed by atoms with Crippen molar-refractivity contribution in [1.29, 1.82) is 5.26 Å². The molecule has 1 aliphatic carbocycles. The van der Waals surface area contributed by atoms with Gasteiger partial charge in [-0.15, -0.1) is 0 Å². The lowest BCUT2D eigenvalue weighted by molar-refractivity contribution is 0.528. The lowest BCUT2D eigenvalue weighted by Crippen LogP contribution is -2.39. The SMILES string of the molecule is Cc1cc(NC2CCCCCC2N)ccc1C#N. The summed E-state index contributed by atoms with van der Waals surface area (Å²) in [6.07, 6.45) is 6.03. The van der Waals surface area contributed by atoms with Gasteiger partial charge in [-0.2, -0.15) is 5.26 Å². The summed E-state index contributed by atoms with van der Waals surface area (Å²) < 4.78 is 0. The number of nitrogens with zero attached hydrogens (tertiary/aromatic N) is 1. The van der Waals surface area contributed by atoms with E-state index < -0.39 is 0 Å². The van der Waals surface area contributed by atoms with Gasteiger partial charge in [0.2, 0.25) is 0 Å². The largest absolute Gasteiger partial charge is 0.381 e. The van der Waals surface area contributed by atoms with E-state index in [0.29, 0.717) is 6.04 Å². The maximum Gasteiger partial charge on any atom is 0.0994 e. The van der Waals surface area contributed by atoms with Gasteiger partial charge in [-0.05, 0) is 43.5 Å². The van der Waals surface area contributed by atoms with Gasteiger partial charge >= 0.3 is 0 Å². The second-order valence-electron chi connectivity index (χ2n) is 5.19. The van der Waals surface area contributed by atoms with E-state index in [9.17, 15) is 0 Å². The average molecular weight is 243 g/mol. The van der Waals surface area contributed by atoms with E-state index in [4.69, 9.17) is 11.0 Å². The van der Waals surface area contributed by atoms with Crippen LogP contribution >= 0.6 is 0 Å². The maximum absolute atomic E-state index is 8.92. The number of anilines is 1. The highest BCUT2D eigenvalue weighted by Gasteiger charge is 2.20. The van der Waals surface area contributed by atoms with Gasteiger partial charge in [-0.3, -0.25) is 0 Å². The molecule has 0 aromatic heterocycles. The van der Waals surface area contributed by atoms with Crippen molar-refractivity contribution in [2.45, 2.75) is 51.1 Å². The first kappa shape index (κ1) is 12.9. The fourth-order valence-corrected chi connectivity index (χ4v) is 2.61. The van der Waals surface area contributed by atoms with Crippen LogP contribution in [0.25, 0.3) is 0 Å². The van der Waals surface area contributed by atoms with Crippen LogP contribution in [0.4, 0.5) is 5.69 Å². The van der Waals surface area contributed by atoms with Crippen LogP contribution in [0.2, 0.25) is 0 Å². The second kappa shape index (κ2) is 5.88. The van der Waals surface area contributed by atoms with E-state index in [1.807, 2.05) is 25.1 Å². The van der Waals surface area contributed by atoms with Crippen LogP contribution in [0, 0.1) is 18.3 Å². The molecule has 96 valence electrons. The van der Waals surface area contributed by atoms with Gasteiger partial charge in [0.05, 0.1) is 11.6 Å². The highest BCUT2D eigenvalue weighted by atomic mass is 15.0. The molecule has 0 saturated heterocycles. The Morgan fingerprint density at radius 2 is 2.06 bits per heavy atom. The molecular weight excluding hydrogens is 222 g/mol. The van der Waals surface area contributed by atoms with Crippen molar-refractivity contribution in [3.8, 4) is 6.07 Å². The molecular formula is C15H21N3. The molecule has 0 bridgehead atoms. The zero-order valence-electron chi connectivity index (χ0n) is 10.9. The molecule has 1 saturated carbocycles. The Bertz CT molecular complexity index is 448. The minimum atomic E-state index is 0.239. The zero-order valence-corrected chi connectivity index (χ0v) is 10.9. The van der Waals surface area contributed by atoms with Crippen LogP contribution in [-0.4, -0.2) is 12.1 Å². The summed E-state index contributed by atoms with van der Waals surface area (Å²) in [5, 5.41) is 12.4. The Kier molecular flexibility index (Phi) is 4.22. The third-order valence-corrected chi connectivity index (χ3v) is 3.77. The minimum absolute atomic E-state index is 0.239. The number of nitrogens with one attached hydrogen (secondary N) is 1. The maximum atomic E-state index is 8.92. The van der Waals surface area contributed by atoms with Crippen molar-refractivity contribution in [3.05, 3.63) is 29.3 Å². The van der Waals surface area contributed by atoms with Gasteiger partial charge in [0.1, 0.15) is 0 Å². The van der Waals surface area contributed by atoms with E-state index in [2.05, 4.69) is 11.4 Å². The zero-order chi connectivity index (χ0) is 13.0. The highest BCUT2D eigenvalue weighted by Crippen LogP contribution is 2.22. The fraction of sp³-hybridized carbons (Fsp3) is 0.533. The molecule has 0 aliphatic heterocycles. The lowest BCUT2D eigenvalue weighted by Gasteiger charge is -2.24. The molecule has 1 fully saturated rings. The van der Waals surface area contributed by atoms with Crippen LogP contribution in [0.1, 0.15) is 43.2 Å². The van der Waals surface area contributed by atoms with Crippen molar-refractivity contribution in [2.75, 3.05) is 5.32 Å². The first-order valence-electron chi connectivity index (χ1n) is 6.73. The Hall–Kier alpha value is -1.53. The summed E-state index contributed by atoms with van der Waals surface area (Å²) in [4.78, 5) is 0. The molecule has 0 heterocycles. The van der Waals surface area contributed by atoms with E-state index in [0.717, 1.165) is 29.7 Å². The standard InChI is InChI=1S/C15H21N3/c1-11-9-13(8-7-12(11)10-16)18-15-6-4-2-3-5-14(15)17/h7-9,14-15,18H,2-6,17H2,1H3. The normalized spacial score (nSPS) is 24.1. The Balaban J connectivity index is 2.08. The number of nitrogens with two attached hydrogens (primary N) is 1. The molecule has 3 N–H and O–H groups in total. The Morgan fingerprint density at radius 3 is 2.78 bits per heavy atom. The van der Waals surface area contributed by atoms with E-state index in [-0.39, 0.29) is 6.04 Å². The summed E-state index contributed by atoms with van der Waals surface area (Å²) in [5.74, 6) is 0. The average Bonchev–Trinajstić information content (AvgIpc) is 2.55. The van der Waals surface area contributed by atoms with Crippen LogP contribution in [-0.2, 0) is 0 Å². The predicted molar refractivity (Wildman–Crippen MR) is 74.4 cm³/mol. The minimum Gasteiger partial charge on any atom is -0.381 e. The third kappa shape index (κ3) is 3.02. The van der Waals surface area contributed by atoms with Crippen molar-refractivity contribution in [2.24, 2.45) is 5.73 Å². The van der Waals surface area contributed by atoms with E-state index in [1.165, 1.54) is 19.3 Å². The van der Waals surface area contributed by atoms with Gasteiger partial charge in [0, 0.05) is 17.8 Å². The molecule has 2 unspecified atom stereocenters. The molecule has 3 nitrogen and oxygen atoms in total. The van der Waals surface area contributed by atoms with Gasteiger partial charge < -0.3 is 11.1 Å². The monoisotopic (exact) mass is 243 g/mol. The molecule has 1 aromatic carbocycles. The van der Waals surface area contributed by atoms with Crippen LogP contribution in [0.5, 0.6) is 0 Å². The number of nitriles is 1.